The van der Waals surface area contributed by atoms with E-state index in [4.69, 9.17) is 0 Å². The van der Waals surface area contributed by atoms with Crippen LogP contribution in [0.4, 0.5) is 0 Å². The van der Waals surface area contributed by atoms with Crippen molar-refractivity contribution in [3.63, 3.8) is 0 Å². The third-order valence-corrected chi connectivity index (χ3v) is 5.40. The quantitative estimate of drug-likeness (QED) is 0.832. The largest absolute Gasteiger partial charge is 0.480 e. The van der Waals surface area contributed by atoms with E-state index in [2.05, 4.69) is 32.6 Å². The highest BCUT2D eigenvalue weighted by molar-refractivity contribution is 5.74. The highest BCUT2D eigenvalue weighted by Crippen LogP contribution is 2.43. The number of carboxylic acid groups (broad SMARTS) is 1. The van der Waals surface area contributed by atoms with Crippen LogP contribution in [-0.2, 0) is 4.79 Å². The fourth-order valence-electron chi connectivity index (χ4n) is 4.38. The summed E-state index contributed by atoms with van der Waals surface area (Å²) >= 11 is 0. The van der Waals surface area contributed by atoms with E-state index in [1.807, 2.05) is 0 Å². The maximum Gasteiger partial charge on any atom is 0.321 e. The molecule has 3 unspecified atom stereocenters. The number of aliphatic carboxylic acids is 1. The molecule has 0 bridgehead atoms. The fraction of sp³-hybridized carbons (Fsp3) is 0.938. The molecule has 1 saturated carbocycles. The molecule has 1 aliphatic carbocycles. The lowest BCUT2D eigenvalue weighted by atomic mass is 9.85. The fourth-order valence-corrected chi connectivity index (χ4v) is 4.38. The van der Waals surface area contributed by atoms with Crippen molar-refractivity contribution in [3.8, 4) is 0 Å². The summed E-state index contributed by atoms with van der Waals surface area (Å²) in [5, 5.41) is 9.58. The van der Waals surface area contributed by atoms with E-state index in [0.717, 1.165) is 19.5 Å². The molecule has 19 heavy (non-hydrogen) atoms. The summed E-state index contributed by atoms with van der Waals surface area (Å²) in [6, 6.07) is -0.215. The Kier molecular flexibility index (Phi) is 4.54. The highest BCUT2D eigenvalue weighted by atomic mass is 16.4. The molecule has 0 aromatic rings. The van der Waals surface area contributed by atoms with Gasteiger partial charge in [-0.25, -0.2) is 0 Å². The van der Waals surface area contributed by atoms with Gasteiger partial charge in [-0.1, -0.05) is 34.1 Å². The molecule has 1 N–H and O–H groups in total. The predicted octanol–water partition coefficient (Wildman–Crippen LogP) is 3.10. The van der Waals surface area contributed by atoms with Gasteiger partial charge in [0.05, 0.1) is 0 Å². The Balaban J connectivity index is 2.08. The van der Waals surface area contributed by atoms with Crippen LogP contribution in [0, 0.1) is 29.6 Å². The van der Waals surface area contributed by atoms with Gasteiger partial charge in [-0.3, -0.25) is 9.69 Å². The van der Waals surface area contributed by atoms with E-state index >= 15 is 0 Å². The monoisotopic (exact) mass is 267 g/mol. The van der Waals surface area contributed by atoms with E-state index in [9.17, 15) is 9.90 Å². The van der Waals surface area contributed by atoms with Crippen LogP contribution in [0.1, 0.15) is 47.0 Å². The van der Waals surface area contributed by atoms with Gasteiger partial charge in [-0.2, -0.15) is 0 Å². The second-order valence-corrected chi connectivity index (χ2v) is 7.24. The Labute approximate surface area is 117 Å². The second-order valence-electron chi connectivity index (χ2n) is 7.24. The van der Waals surface area contributed by atoms with Crippen molar-refractivity contribution < 1.29 is 9.90 Å². The summed E-state index contributed by atoms with van der Waals surface area (Å²) in [7, 11) is 0. The molecule has 2 rings (SSSR count). The van der Waals surface area contributed by atoms with Crippen molar-refractivity contribution in [1.29, 1.82) is 0 Å². The summed E-state index contributed by atoms with van der Waals surface area (Å²) < 4.78 is 0. The number of carbonyl (C=O) groups is 1. The van der Waals surface area contributed by atoms with Gasteiger partial charge >= 0.3 is 5.97 Å². The number of hydrogen-bond acceptors (Lipinski definition) is 2. The van der Waals surface area contributed by atoms with Crippen molar-refractivity contribution >= 4 is 5.97 Å². The predicted molar refractivity (Wildman–Crippen MR) is 77.0 cm³/mol. The lowest BCUT2D eigenvalue weighted by molar-refractivity contribution is -0.144. The number of hydrogen-bond donors (Lipinski definition) is 1. The van der Waals surface area contributed by atoms with Gasteiger partial charge in [-0.05, 0) is 42.4 Å². The van der Waals surface area contributed by atoms with Crippen molar-refractivity contribution in [2.45, 2.75) is 53.0 Å². The first kappa shape index (κ1) is 14.8. The van der Waals surface area contributed by atoms with Gasteiger partial charge in [-0.15, -0.1) is 0 Å². The summed E-state index contributed by atoms with van der Waals surface area (Å²) in [6.45, 7) is 11.0. The van der Waals surface area contributed by atoms with Crippen LogP contribution in [0.25, 0.3) is 0 Å². The van der Waals surface area contributed by atoms with Crippen LogP contribution >= 0.6 is 0 Å². The van der Waals surface area contributed by atoms with E-state index in [1.165, 1.54) is 12.8 Å². The van der Waals surface area contributed by atoms with Gasteiger partial charge in [0.2, 0.25) is 0 Å². The lowest BCUT2D eigenvalue weighted by Crippen LogP contribution is -2.43. The second kappa shape index (κ2) is 5.82. The normalized spacial score (nSPS) is 31.6. The summed E-state index contributed by atoms with van der Waals surface area (Å²) in [5.74, 6) is 2.30. The minimum atomic E-state index is -0.597. The highest BCUT2D eigenvalue weighted by Gasteiger charge is 2.48. The molecule has 0 spiro atoms. The zero-order chi connectivity index (χ0) is 14.2. The van der Waals surface area contributed by atoms with Gasteiger partial charge in [0.15, 0.2) is 0 Å². The van der Waals surface area contributed by atoms with Crippen LogP contribution in [-0.4, -0.2) is 35.1 Å². The third kappa shape index (κ3) is 2.96. The summed E-state index contributed by atoms with van der Waals surface area (Å²) in [5.41, 5.74) is 0. The van der Waals surface area contributed by atoms with Gasteiger partial charge < -0.3 is 5.11 Å². The van der Waals surface area contributed by atoms with Crippen molar-refractivity contribution in [3.05, 3.63) is 0 Å². The lowest BCUT2D eigenvalue weighted by Gasteiger charge is -2.32. The van der Waals surface area contributed by atoms with Crippen LogP contribution in [0.5, 0.6) is 0 Å². The Morgan fingerprint density at radius 2 is 1.84 bits per heavy atom. The maximum absolute atomic E-state index is 11.6. The summed E-state index contributed by atoms with van der Waals surface area (Å²) in [6.07, 6.45) is 3.58. The Bertz CT molecular complexity index is 319. The number of nitrogens with zero attached hydrogens (tertiary/aromatic N) is 1. The van der Waals surface area contributed by atoms with Gasteiger partial charge in [0.25, 0.3) is 0 Å². The molecule has 3 atom stereocenters. The molecule has 1 aliphatic heterocycles. The zero-order valence-corrected chi connectivity index (χ0v) is 12.8. The molecule has 2 aliphatic rings. The average molecular weight is 267 g/mol. The Hall–Kier alpha value is -0.570. The molecule has 0 amide bonds. The molecule has 2 fully saturated rings. The van der Waals surface area contributed by atoms with Crippen molar-refractivity contribution in [2.75, 3.05) is 13.1 Å². The molecule has 1 heterocycles. The van der Waals surface area contributed by atoms with Gasteiger partial charge in [0, 0.05) is 13.1 Å². The minimum absolute atomic E-state index is 0.215. The number of rotatable bonds is 5. The van der Waals surface area contributed by atoms with Crippen LogP contribution in [0.3, 0.4) is 0 Å². The molecular weight excluding hydrogens is 238 g/mol. The SMILES string of the molecule is CC(C)C(CN1CC2CCCC2C1C(=O)O)C(C)C. The standard InChI is InChI=1S/C16H29NO2/c1-10(2)14(11(3)4)9-17-8-12-6-5-7-13(12)15(17)16(18)19/h10-15H,5-9H2,1-4H3,(H,18,19). The smallest absolute Gasteiger partial charge is 0.321 e. The third-order valence-electron chi connectivity index (χ3n) is 5.40. The van der Waals surface area contributed by atoms with E-state index in [1.54, 1.807) is 0 Å². The van der Waals surface area contributed by atoms with E-state index in [0.29, 0.717) is 29.6 Å². The van der Waals surface area contributed by atoms with E-state index in [-0.39, 0.29) is 6.04 Å². The average Bonchev–Trinajstić information content (AvgIpc) is 2.82. The molecule has 0 radical (unpaired) electrons. The number of fused-ring (bicyclic) bond motifs is 1. The first-order valence-corrected chi connectivity index (χ1v) is 7.88. The van der Waals surface area contributed by atoms with Gasteiger partial charge in [0.1, 0.15) is 6.04 Å². The molecule has 3 heteroatoms. The molecule has 1 saturated heterocycles. The molecular formula is C16H29NO2. The Morgan fingerprint density at radius 1 is 1.21 bits per heavy atom. The Morgan fingerprint density at radius 3 is 2.37 bits per heavy atom. The maximum atomic E-state index is 11.6. The van der Waals surface area contributed by atoms with Crippen LogP contribution in [0.15, 0.2) is 0 Å². The molecule has 110 valence electrons. The van der Waals surface area contributed by atoms with Crippen molar-refractivity contribution in [1.82, 2.24) is 4.90 Å². The molecule has 0 aromatic carbocycles. The van der Waals surface area contributed by atoms with Crippen LogP contribution < -0.4 is 0 Å². The topological polar surface area (TPSA) is 40.5 Å². The number of likely N-dealkylation sites (tertiary alicyclic amines) is 1. The van der Waals surface area contributed by atoms with Crippen molar-refractivity contribution in [2.24, 2.45) is 29.6 Å². The first-order chi connectivity index (χ1) is 8.91. The summed E-state index contributed by atoms with van der Waals surface area (Å²) in [4.78, 5) is 13.9. The molecule has 3 nitrogen and oxygen atoms in total. The molecule has 0 aromatic heterocycles. The first-order valence-electron chi connectivity index (χ1n) is 7.88. The van der Waals surface area contributed by atoms with Crippen LogP contribution in [0.2, 0.25) is 0 Å². The number of carboxylic acids is 1. The zero-order valence-electron chi connectivity index (χ0n) is 12.8. The minimum Gasteiger partial charge on any atom is -0.480 e. The van der Waals surface area contributed by atoms with E-state index < -0.39 is 5.97 Å².